The lowest BCUT2D eigenvalue weighted by Gasteiger charge is -2.25. The highest BCUT2D eigenvalue weighted by molar-refractivity contribution is 5.95. The first-order valence-electron chi connectivity index (χ1n) is 9.76. The van der Waals surface area contributed by atoms with Crippen LogP contribution in [0.25, 0.3) is 0 Å². The zero-order chi connectivity index (χ0) is 18.1. The zero-order valence-corrected chi connectivity index (χ0v) is 15.7. The number of benzene rings is 1. The molecule has 0 spiro atoms. The zero-order valence-electron chi connectivity index (χ0n) is 15.7. The highest BCUT2D eigenvalue weighted by Crippen LogP contribution is 2.33. The second kappa shape index (κ2) is 10.3. The highest BCUT2D eigenvalue weighted by Gasteiger charge is 2.29. The van der Waals surface area contributed by atoms with Crippen LogP contribution in [0.15, 0.2) is 12.1 Å². The van der Waals surface area contributed by atoms with Crippen molar-refractivity contribution in [2.75, 3.05) is 7.11 Å². The fraction of sp³-hybridized carbons (Fsp3) is 0.667. The van der Waals surface area contributed by atoms with Gasteiger partial charge in [0.15, 0.2) is 0 Å². The van der Waals surface area contributed by atoms with Gasteiger partial charge in [0.2, 0.25) is 0 Å². The summed E-state index contributed by atoms with van der Waals surface area (Å²) in [5, 5.41) is 9.99. The minimum Gasteiger partial charge on any atom is -0.507 e. The Kier molecular flexibility index (Phi) is 8.10. The number of aromatic hydroxyl groups is 1. The normalized spacial score (nSPS) is 16.4. The van der Waals surface area contributed by atoms with Gasteiger partial charge >= 0.3 is 5.97 Å². The van der Waals surface area contributed by atoms with Crippen molar-refractivity contribution < 1.29 is 19.4 Å². The van der Waals surface area contributed by atoms with E-state index in [2.05, 4.69) is 6.92 Å². The Labute approximate surface area is 151 Å². The first-order chi connectivity index (χ1) is 12.2. The molecule has 4 nitrogen and oxygen atoms in total. The van der Waals surface area contributed by atoms with Crippen molar-refractivity contribution in [1.29, 1.82) is 0 Å². The van der Waals surface area contributed by atoms with Crippen LogP contribution in [0.5, 0.6) is 11.5 Å². The van der Waals surface area contributed by atoms with Gasteiger partial charge < -0.3 is 14.6 Å². The predicted octanol–water partition coefficient (Wildman–Crippen LogP) is 5.40. The van der Waals surface area contributed by atoms with Gasteiger partial charge in [-0.1, -0.05) is 58.3 Å². The summed E-state index contributed by atoms with van der Waals surface area (Å²) >= 11 is 0. The summed E-state index contributed by atoms with van der Waals surface area (Å²) < 4.78 is 10.7. The number of cyclic esters (lactones) is 1. The fourth-order valence-electron chi connectivity index (χ4n) is 3.51. The molecular formula is C21H32O4. The highest BCUT2D eigenvalue weighted by atomic mass is 16.5. The van der Waals surface area contributed by atoms with Crippen molar-refractivity contribution in [3.8, 4) is 11.5 Å². The molecule has 1 atom stereocenters. The van der Waals surface area contributed by atoms with Crippen LogP contribution in [0.4, 0.5) is 0 Å². The Morgan fingerprint density at radius 2 is 1.72 bits per heavy atom. The molecule has 4 heteroatoms. The van der Waals surface area contributed by atoms with E-state index in [0.717, 1.165) is 18.4 Å². The molecule has 1 aliphatic rings. The van der Waals surface area contributed by atoms with Gasteiger partial charge in [0.25, 0.3) is 0 Å². The minimum absolute atomic E-state index is 0.0547. The Morgan fingerprint density at radius 1 is 1.08 bits per heavy atom. The third kappa shape index (κ3) is 5.94. The van der Waals surface area contributed by atoms with E-state index in [1.807, 2.05) is 6.07 Å². The van der Waals surface area contributed by atoms with Crippen molar-refractivity contribution in [1.82, 2.24) is 0 Å². The van der Waals surface area contributed by atoms with Crippen molar-refractivity contribution in [3.63, 3.8) is 0 Å². The van der Waals surface area contributed by atoms with Crippen molar-refractivity contribution in [3.05, 3.63) is 23.3 Å². The molecule has 2 rings (SSSR count). The second-order valence-corrected chi connectivity index (χ2v) is 7.03. The monoisotopic (exact) mass is 348 g/mol. The molecule has 0 fully saturated rings. The average molecular weight is 348 g/mol. The lowest BCUT2D eigenvalue weighted by atomic mass is 9.94. The number of esters is 1. The minimum atomic E-state index is -0.415. The van der Waals surface area contributed by atoms with Gasteiger partial charge in [0.05, 0.1) is 7.11 Å². The van der Waals surface area contributed by atoms with Crippen LogP contribution >= 0.6 is 0 Å². The van der Waals surface area contributed by atoms with Gasteiger partial charge in [-0.25, -0.2) is 4.79 Å². The second-order valence-electron chi connectivity index (χ2n) is 7.03. The molecule has 1 unspecified atom stereocenters. The third-order valence-electron chi connectivity index (χ3n) is 4.96. The molecule has 0 saturated heterocycles. The lowest BCUT2D eigenvalue weighted by Crippen LogP contribution is -2.27. The summed E-state index contributed by atoms with van der Waals surface area (Å²) in [5.41, 5.74) is 1.12. The van der Waals surface area contributed by atoms with E-state index < -0.39 is 5.97 Å². The number of unbranched alkanes of at least 4 members (excludes halogenated alkanes) is 8. The maximum absolute atomic E-state index is 12.2. The van der Waals surface area contributed by atoms with E-state index in [4.69, 9.17) is 9.47 Å². The number of carbonyl (C=O) groups excluding carboxylic acids is 1. The van der Waals surface area contributed by atoms with Crippen LogP contribution in [-0.4, -0.2) is 24.3 Å². The molecule has 0 amide bonds. The van der Waals surface area contributed by atoms with Gasteiger partial charge in [-0.3, -0.25) is 0 Å². The van der Waals surface area contributed by atoms with Crippen LogP contribution < -0.4 is 4.74 Å². The van der Waals surface area contributed by atoms with Crippen LogP contribution in [0.1, 0.15) is 87.1 Å². The summed E-state index contributed by atoms with van der Waals surface area (Å²) in [6.07, 6.45) is 13.0. The van der Waals surface area contributed by atoms with E-state index in [-0.39, 0.29) is 11.9 Å². The summed E-state index contributed by atoms with van der Waals surface area (Å²) in [6, 6.07) is 3.29. The Hall–Kier alpha value is -1.71. The number of hydrogen-bond donors (Lipinski definition) is 1. The smallest absolute Gasteiger partial charge is 0.342 e. The number of methoxy groups -OCH3 is 1. The maximum atomic E-state index is 12.2. The first kappa shape index (κ1) is 19.6. The van der Waals surface area contributed by atoms with Gasteiger partial charge in [-0.05, 0) is 24.5 Å². The number of hydrogen-bond acceptors (Lipinski definition) is 4. The van der Waals surface area contributed by atoms with E-state index in [9.17, 15) is 9.90 Å². The maximum Gasteiger partial charge on any atom is 0.342 e. The molecule has 0 aromatic heterocycles. The van der Waals surface area contributed by atoms with Crippen LogP contribution in [0.3, 0.4) is 0 Å². The Morgan fingerprint density at radius 3 is 2.36 bits per heavy atom. The molecular weight excluding hydrogens is 316 g/mol. The quantitative estimate of drug-likeness (QED) is 0.429. The van der Waals surface area contributed by atoms with Crippen molar-refractivity contribution >= 4 is 5.97 Å². The fourth-order valence-corrected chi connectivity index (χ4v) is 3.51. The van der Waals surface area contributed by atoms with Gasteiger partial charge in [-0.2, -0.15) is 0 Å². The van der Waals surface area contributed by atoms with E-state index >= 15 is 0 Å². The van der Waals surface area contributed by atoms with Crippen LogP contribution in [0, 0.1) is 0 Å². The van der Waals surface area contributed by atoms with E-state index in [1.54, 1.807) is 7.11 Å². The third-order valence-corrected chi connectivity index (χ3v) is 4.96. The molecule has 1 aromatic rings. The standard InChI is InChI=1S/C21H32O4/c1-3-4-5-6-7-8-9-10-11-12-17-13-16-14-18(24-2)15-19(22)20(16)21(23)25-17/h14-15,17,22H,3-13H2,1-2H3. The van der Waals surface area contributed by atoms with Crippen molar-refractivity contribution in [2.45, 2.75) is 83.7 Å². The van der Waals surface area contributed by atoms with Gasteiger partial charge in [0.1, 0.15) is 23.2 Å². The summed E-state index contributed by atoms with van der Waals surface area (Å²) in [6.45, 7) is 2.24. The van der Waals surface area contributed by atoms with Crippen LogP contribution in [-0.2, 0) is 11.2 Å². The summed E-state index contributed by atoms with van der Waals surface area (Å²) in [7, 11) is 1.56. The Bertz CT molecular complexity index is 553. The SMILES string of the molecule is CCCCCCCCCCCC1Cc2cc(OC)cc(O)c2C(=O)O1. The van der Waals surface area contributed by atoms with E-state index in [0.29, 0.717) is 17.7 Å². The molecule has 1 heterocycles. The molecule has 1 aromatic carbocycles. The predicted molar refractivity (Wildman–Crippen MR) is 99.4 cm³/mol. The molecule has 0 saturated carbocycles. The Balaban J connectivity index is 1.71. The lowest BCUT2D eigenvalue weighted by molar-refractivity contribution is 0.0227. The summed E-state index contributed by atoms with van der Waals surface area (Å²) in [4.78, 5) is 12.2. The number of phenolic OH excluding ortho intramolecular Hbond substituents is 1. The van der Waals surface area contributed by atoms with Gasteiger partial charge in [-0.15, -0.1) is 0 Å². The largest absolute Gasteiger partial charge is 0.507 e. The molecule has 1 N–H and O–H groups in total. The van der Waals surface area contributed by atoms with Crippen molar-refractivity contribution in [2.24, 2.45) is 0 Å². The number of carbonyl (C=O) groups is 1. The van der Waals surface area contributed by atoms with Crippen LogP contribution in [0.2, 0.25) is 0 Å². The summed E-state index contributed by atoms with van der Waals surface area (Å²) in [5.74, 6) is 0.107. The molecule has 0 aliphatic carbocycles. The molecule has 140 valence electrons. The first-order valence-corrected chi connectivity index (χ1v) is 9.76. The number of rotatable bonds is 11. The number of phenols is 1. The number of fused-ring (bicyclic) bond motifs is 1. The molecule has 25 heavy (non-hydrogen) atoms. The van der Waals surface area contributed by atoms with E-state index in [1.165, 1.54) is 57.4 Å². The van der Waals surface area contributed by atoms with Gasteiger partial charge in [0, 0.05) is 12.5 Å². The topological polar surface area (TPSA) is 55.8 Å². The number of ether oxygens (including phenoxy) is 2. The average Bonchev–Trinajstić information content (AvgIpc) is 2.59. The molecule has 0 radical (unpaired) electrons. The molecule has 0 bridgehead atoms. The molecule has 1 aliphatic heterocycles.